The molecule has 0 aromatic heterocycles. The Labute approximate surface area is 142 Å². The van der Waals surface area contributed by atoms with Crippen molar-refractivity contribution in [2.24, 2.45) is 5.41 Å². The van der Waals surface area contributed by atoms with Crippen LogP contribution in [-0.2, 0) is 10.0 Å². The maximum absolute atomic E-state index is 12.5. The summed E-state index contributed by atoms with van der Waals surface area (Å²) in [6.45, 7) is 5.57. The quantitative estimate of drug-likeness (QED) is 0.615. The molecular formula is C14H22ClN3O4S. The zero-order valence-corrected chi connectivity index (χ0v) is 14.8. The summed E-state index contributed by atoms with van der Waals surface area (Å²) >= 11 is 0. The summed E-state index contributed by atoms with van der Waals surface area (Å²) in [4.78, 5) is 10.2. The first kappa shape index (κ1) is 19.8. The lowest BCUT2D eigenvalue weighted by Crippen LogP contribution is -2.43. The summed E-state index contributed by atoms with van der Waals surface area (Å²) in [6.07, 6.45) is 1.73. The molecule has 1 heterocycles. The Morgan fingerprint density at radius 3 is 2.52 bits per heavy atom. The Bertz CT molecular complexity index is 673. The molecule has 9 heteroatoms. The van der Waals surface area contributed by atoms with Gasteiger partial charge in [-0.1, -0.05) is 19.1 Å². The van der Waals surface area contributed by atoms with Crippen LogP contribution in [0.5, 0.6) is 0 Å². The van der Waals surface area contributed by atoms with Crippen LogP contribution in [0.1, 0.15) is 25.3 Å². The van der Waals surface area contributed by atoms with E-state index in [-0.39, 0.29) is 34.9 Å². The number of piperidine rings is 1. The molecule has 2 N–H and O–H groups in total. The summed E-state index contributed by atoms with van der Waals surface area (Å²) in [5, 5.41) is 14.3. The highest BCUT2D eigenvalue weighted by molar-refractivity contribution is 7.89. The monoisotopic (exact) mass is 363 g/mol. The van der Waals surface area contributed by atoms with Crippen LogP contribution < -0.4 is 10.0 Å². The van der Waals surface area contributed by atoms with Crippen LogP contribution in [0.2, 0.25) is 0 Å². The SMILES string of the molecule is Cc1cccc([N+](=O)[O-])c1S(=O)(=O)NCC1(C)CCNCC1.Cl. The topological polar surface area (TPSA) is 101 Å². The van der Waals surface area contributed by atoms with Crippen molar-refractivity contribution in [3.05, 3.63) is 33.9 Å². The number of hydrogen-bond acceptors (Lipinski definition) is 5. The Kier molecular flexibility index (Phi) is 6.52. The second-order valence-electron chi connectivity index (χ2n) is 6.07. The molecule has 1 fully saturated rings. The molecule has 0 bridgehead atoms. The molecule has 0 spiro atoms. The predicted molar refractivity (Wildman–Crippen MR) is 90.5 cm³/mol. The van der Waals surface area contributed by atoms with Crippen molar-refractivity contribution in [2.45, 2.75) is 31.6 Å². The molecule has 7 nitrogen and oxygen atoms in total. The van der Waals surface area contributed by atoms with E-state index in [0.717, 1.165) is 25.9 Å². The third kappa shape index (κ3) is 4.63. The van der Waals surface area contributed by atoms with Gasteiger partial charge in [-0.15, -0.1) is 12.4 Å². The van der Waals surface area contributed by atoms with Gasteiger partial charge in [-0.25, -0.2) is 13.1 Å². The van der Waals surface area contributed by atoms with Crippen LogP contribution in [-0.4, -0.2) is 33.0 Å². The number of benzene rings is 1. The number of hydrogen-bond donors (Lipinski definition) is 2. The minimum atomic E-state index is -3.92. The Balaban J connectivity index is 0.00000264. The average Bonchev–Trinajstić information content (AvgIpc) is 2.46. The van der Waals surface area contributed by atoms with E-state index in [0.29, 0.717) is 5.56 Å². The molecule has 1 aliphatic rings. The van der Waals surface area contributed by atoms with Crippen molar-refractivity contribution in [2.75, 3.05) is 19.6 Å². The van der Waals surface area contributed by atoms with Gasteiger partial charge in [0.25, 0.3) is 5.69 Å². The maximum Gasteiger partial charge on any atom is 0.289 e. The van der Waals surface area contributed by atoms with E-state index in [1.807, 2.05) is 6.92 Å². The summed E-state index contributed by atoms with van der Waals surface area (Å²) in [6, 6.07) is 4.27. The van der Waals surface area contributed by atoms with Gasteiger partial charge in [-0.3, -0.25) is 10.1 Å². The summed E-state index contributed by atoms with van der Waals surface area (Å²) < 4.78 is 27.6. The number of sulfonamides is 1. The average molecular weight is 364 g/mol. The van der Waals surface area contributed by atoms with Gasteiger partial charge in [0.1, 0.15) is 0 Å². The number of nitrogens with zero attached hydrogens (tertiary/aromatic N) is 1. The number of halogens is 1. The molecule has 23 heavy (non-hydrogen) atoms. The number of aryl methyl sites for hydroxylation is 1. The van der Waals surface area contributed by atoms with Gasteiger partial charge in [0, 0.05) is 12.6 Å². The van der Waals surface area contributed by atoms with Gasteiger partial charge < -0.3 is 5.32 Å². The lowest BCUT2D eigenvalue weighted by atomic mass is 9.81. The third-order valence-corrected chi connectivity index (χ3v) is 5.75. The molecule has 1 aromatic carbocycles. The van der Waals surface area contributed by atoms with Crippen molar-refractivity contribution in [1.82, 2.24) is 10.0 Å². The lowest BCUT2D eigenvalue weighted by Gasteiger charge is -2.34. The van der Waals surface area contributed by atoms with Gasteiger partial charge in [-0.05, 0) is 43.8 Å². The van der Waals surface area contributed by atoms with Crippen LogP contribution in [0.15, 0.2) is 23.1 Å². The minimum Gasteiger partial charge on any atom is -0.317 e. The summed E-state index contributed by atoms with van der Waals surface area (Å²) in [5.74, 6) is 0. The van der Waals surface area contributed by atoms with E-state index in [1.54, 1.807) is 13.0 Å². The number of nitro groups is 1. The van der Waals surface area contributed by atoms with Gasteiger partial charge in [0.15, 0.2) is 4.90 Å². The molecule has 2 rings (SSSR count). The van der Waals surface area contributed by atoms with E-state index in [1.165, 1.54) is 12.1 Å². The van der Waals surface area contributed by atoms with Gasteiger partial charge in [0.05, 0.1) is 4.92 Å². The molecule has 1 saturated heterocycles. The highest BCUT2D eigenvalue weighted by Gasteiger charge is 2.32. The molecule has 0 saturated carbocycles. The first-order valence-electron chi connectivity index (χ1n) is 7.20. The van der Waals surface area contributed by atoms with E-state index >= 15 is 0 Å². The van der Waals surface area contributed by atoms with Crippen molar-refractivity contribution in [3.63, 3.8) is 0 Å². The zero-order chi connectivity index (χ0) is 16.4. The highest BCUT2D eigenvalue weighted by Crippen LogP contribution is 2.30. The van der Waals surface area contributed by atoms with Crippen molar-refractivity contribution >= 4 is 28.1 Å². The highest BCUT2D eigenvalue weighted by atomic mass is 35.5. The van der Waals surface area contributed by atoms with Crippen LogP contribution in [0.4, 0.5) is 5.69 Å². The number of nitrogens with one attached hydrogen (secondary N) is 2. The van der Waals surface area contributed by atoms with Crippen molar-refractivity contribution < 1.29 is 13.3 Å². The van der Waals surface area contributed by atoms with E-state index in [9.17, 15) is 18.5 Å². The molecule has 0 atom stereocenters. The smallest absolute Gasteiger partial charge is 0.289 e. The van der Waals surface area contributed by atoms with E-state index in [4.69, 9.17) is 0 Å². The number of rotatable bonds is 5. The first-order valence-corrected chi connectivity index (χ1v) is 8.68. The molecule has 1 aliphatic heterocycles. The van der Waals surface area contributed by atoms with E-state index < -0.39 is 14.9 Å². The third-order valence-electron chi connectivity index (χ3n) is 4.16. The molecule has 0 unspecified atom stereocenters. The molecule has 0 radical (unpaired) electrons. The summed E-state index contributed by atoms with van der Waals surface area (Å²) in [7, 11) is -3.92. The molecule has 0 amide bonds. The van der Waals surface area contributed by atoms with Crippen LogP contribution in [0, 0.1) is 22.5 Å². The minimum absolute atomic E-state index is 0. The normalized spacial score (nSPS) is 17.3. The van der Waals surface area contributed by atoms with Crippen molar-refractivity contribution in [3.8, 4) is 0 Å². The molecule has 0 aliphatic carbocycles. The second-order valence-corrected chi connectivity index (χ2v) is 7.77. The Hall–Kier alpha value is -1.22. The lowest BCUT2D eigenvalue weighted by molar-refractivity contribution is -0.387. The Morgan fingerprint density at radius 1 is 1.35 bits per heavy atom. The fraction of sp³-hybridized carbons (Fsp3) is 0.571. The summed E-state index contributed by atoms with van der Waals surface area (Å²) in [5.41, 5.74) is -0.143. The largest absolute Gasteiger partial charge is 0.317 e. The first-order chi connectivity index (χ1) is 10.3. The van der Waals surface area contributed by atoms with E-state index in [2.05, 4.69) is 10.0 Å². The second kappa shape index (κ2) is 7.57. The molecule has 1 aromatic rings. The standard InChI is InChI=1S/C14H21N3O4S.ClH/c1-11-4-3-5-12(17(18)19)13(11)22(20,21)16-10-14(2)6-8-15-9-7-14;/h3-5,15-16H,6-10H2,1-2H3;1H. The van der Waals surface area contributed by atoms with Gasteiger partial charge in [-0.2, -0.15) is 0 Å². The Morgan fingerprint density at radius 2 is 1.96 bits per heavy atom. The zero-order valence-electron chi connectivity index (χ0n) is 13.2. The number of nitro benzene ring substituents is 1. The van der Waals surface area contributed by atoms with Gasteiger partial charge in [0.2, 0.25) is 10.0 Å². The maximum atomic E-state index is 12.5. The molecule has 130 valence electrons. The van der Waals surface area contributed by atoms with Gasteiger partial charge >= 0.3 is 0 Å². The van der Waals surface area contributed by atoms with Crippen LogP contribution >= 0.6 is 12.4 Å². The fourth-order valence-electron chi connectivity index (χ4n) is 2.68. The predicted octanol–water partition coefficient (Wildman–Crippen LogP) is 1.99. The van der Waals surface area contributed by atoms with Crippen LogP contribution in [0.3, 0.4) is 0 Å². The van der Waals surface area contributed by atoms with Crippen molar-refractivity contribution in [1.29, 1.82) is 0 Å². The van der Waals surface area contributed by atoms with Crippen LogP contribution in [0.25, 0.3) is 0 Å². The molecular weight excluding hydrogens is 342 g/mol. The fourth-order valence-corrected chi connectivity index (χ4v) is 4.27.